The number of nitrogens with zero attached hydrogens (tertiary/aromatic N) is 3. The molecule has 8 nitrogen and oxygen atoms in total. The fraction of sp³-hybridized carbons (Fsp3) is 0.105. The van der Waals surface area contributed by atoms with E-state index in [9.17, 15) is 13.2 Å². The van der Waals surface area contributed by atoms with E-state index in [4.69, 9.17) is 14.4 Å². The monoisotopic (exact) mass is 417 g/mol. The number of hydrogen-bond donors (Lipinski definition) is 2. The zero-order valence-electron chi connectivity index (χ0n) is 15.4. The third kappa shape index (κ3) is 5.41. The summed E-state index contributed by atoms with van der Waals surface area (Å²) in [7, 11) is 1.48. The number of methoxy groups -OCH3 is 1. The lowest BCUT2D eigenvalue weighted by Crippen LogP contribution is -2.26. The number of rotatable bonds is 5. The van der Waals surface area contributed by atoms with Crippen molar-refractivity contribution in [1.29, 1.82) is 5.26 Å². The molecule has 0 aliphatic carbocycles. The Morgan fingerprint density at radius 2 is 2.07 bits per heavy atom. The van der Waals surface area contributed by atoms with E-state index in [-0.39, 0.29) is 11.6 Å². The standard InChI is InChI=1S/C19H14F3N5O3/c1-28-16-8-13(5-6-15(16)17-9-24-11-29-17)27-18(25-10-23)26-12-3-2-4-14(7-12)30-19(20,21)22/h2-9,11H,1H3,(H2,25,26,27). The summed E-state index contributed by atoms with van der Waals surface area (Å²) < 4.78 is 51.7. The third-order valence-corrected chi connectivity index (χ3v) is 3.63. The number of aromatic nitrogens is 1. The molecule has 0 atom stereocenters. The normalized spacial score (nSPS) is 11.5. The molecule has 3 aromatic rings. The fourth-order valence-corrected chi connectivity index (χ4v) is 2.48. The molecule has 0 radical (unpaired) electrons. The maximum absolute atomic E-state index is 12.4. The quantitative estimate of drug-likeness (QED) is 0.274. The third-order valence-electron chi connectivity index (χ3n) is 3.63. The van der Waals surface area contributed by atoms with Crippen LogP contribution in [0.4, 0.5) is 24.5 Å². The smallest absolute Gasteiger partial charge is 0.496 e. The second kappa shape index (κ2) is 8.87. The number of guanidine groups is 1. The van der Waals surface area contributed by atoms with Crippen molar-refractivity contribution in [2.24, 2.45) is 4.99 Å². The van der Waals surface area contributed by atoms with Crippen molar-refractivity contribution in [2.75, 3.05) is 12.4 Å². The van der Waals surface area contributed by atoms with Gasteiger partial charge in [0.25, 0.3) is 0 Å². The minimum atomic E-state index is -4.82. The van der Waals surface area contributed by atoms with Crippen molar-refractivity contribution in [3.05, 3.63) is 55.1 Å². The minimum absolute atomic E-state index is 0.0175. The van der Waals surface area contributed by atoms with E-state index in [0.29, 0.717) is 22.8 Å². The van der Waals surface area contributed by atoms with Crippen LogP contribution < -0.4 is 20.1 Å². The molecule has 1 aromatic heterocycles. The molecule has 11 heteroatoms. The molecule has 154 valence electrons. The molecule has 3 rings (SSSR count). The number of oxazole rings is 1. The van der Waals surface area contributed by atoms with E-state index in [1.54, 1.807) is 24.4 Å². The van der Waals surface area contributed by atoms with Gasteiger partial charge in [-0.15, -0.1) is 13.2 Å². The van der Waals surface area contributed by atoms with Crippen LogP contribution >= 0.6 is 0 Å². The first-order valence-corrected chi connectivity index (χ1v) is 8.31. The van der Waals surface area contributed by atoms with Crippen LogP contribution in [0.15, 0.2) is 64.5 Å². The second-order valence-electron chi connectivity index (χ2n) is 5.65. The van der Waals surface area contributed by atoms with Crippen molar-refractivity contribution < 1.29 is 27.1 Å². The average molecular weight is 417 g/mol. The summed E-state index contributed by atoms with van der Waals surface area (Å²) in [5, 5.41) is 14.2. The van der Waals surface area contributed by atoms with E-state index < -0.39 is 12.1 Å². The molecule has 0 fully saturated rings. The van der Waals surface area contributed by atoms with Gasteiger partial charge < -0.3 is 19.2 Å². The predicted octanol–water partition coefficient (Wildman–Crippen LogP) is 4.42. The molecule has 0 aliphatic rings. The van der Waals surface area contributed by atoms with Gasteiger partial charge in [-0.05, 0) is 24.3 Å². The van der Waals surface area contributed by atoms with Gasteiger partial charge in [-0.2, -0.15) is 5.26 Å². The highest BCUT2D eigenvalue weighted by molar-refractivity contribution is 5.96. The molecular weight excluding hydrogens is 403 g/mol. The first kappa shape index (κ1) is 20.5. The van der Waals surface area contributed by atoms with Crippen LogP contribution in [0.2, 0.25) is 0 Å². The first-order chi connectivity index (χ1) is 14.4. The van der Waals surface area contributed by atoms with Gasteiger partial charge in [0.15, 0.2) is 18.3 Å². The van der Waals surface area contributed by atoms with E-state index in [1.807, 2.05) is 0 Å². The van der Waals surface area contributed by atoms with Gasteiger partial charge in [0, 0.05) is 17.8 Å². The van der Waals surface area contributed by atoms with E-state index in [0.717, 1.165) is 12.1 Å². The van der Waals surface area contributed by atoms with Gasteiger partial charge in [0.1, 0.15) is 11.5 Å². The lowest BCUT2D eigenvalue weighted by Gasteiger charge is -2.12. The number of hydrogen-bond acceptors (Lipinski definition) is 6. The predicted molar refractivity (Wildman–Crippen MR) is 101 cm³/mol. The molecule has 2 N–H and O–H groups in total. The van der Waals surface area contributed by atoms with E-state index in [2.05, 4.69) is 25.3 Å². The molecule has 0 aliphatic heterocycles. The number of aliphatic imine (C=N–C) groups is 1. The number of benzene rings is 2. The Morgan fingerprint density at radius 3 is 2.73 bits per heavy atom. The highest BCUT2D eigenvalue weighted by atomic mass is 19.4. The van der Waals surface area contributed by atoms with E-state index in [1.165, 1.54) is 31.8 Å². The van der Waals surface area contributed by atoms with Crippen LogP contribution in [-0.4, -0.2) is 24.4 Å². The summed E-state index contributed by atoms with van der Waals surface area (Å²) in [5.74, 6) is 0.520. The van der Waals surface area contributed by atoms with Crippen LogP contribution in [0.1, 0.15) is 0 Å². The largest absolute Gasteiger partial charge is 0.573 e. The summed E-state index contributed by atoms with van der Waals surface area (Å²) in [6.07, 6.45) is -0.285. The van der Waals surface area contributed by atoms with Crippen molar-refractivity contribution in [3.63, 3.8) is 0 Å². The Kier molecular flexibility index (Phi) is 6.07. The van der Waals surface area contributed by atoms with Gasteiger partial charge in [-0.3, -0.25) is 5.32 Å². The zero-order valence-corrected chi connectivity index (χ0v) is 15.4. The van der Waals surface area contributed by atoms with Crippen LogP contribution in [0, 0.1) is 11.5 Å². The fourth-order valence-electron chi connectivity index (χ4n) is 2.48. The second-order valence-corrected chi connectivity index (χ2v) is 5.65. The maximum Gasteiger partial charge on any atom is 0.573 e. The van der Waals surface area contributed by atoms with Gasteiger partial charge >= 0.3 is 6.36 Å². The first-order valence-electron chi connectivity index (χ1n) is 8.31. The molecule has 2 aromatic carbocycles. The van der Waals surface area contributed by atoms with Crippen molar-refractivity contribution in [1.82, 2.24) is 10.3 Å². The number of anilines is 1. The highest BCUT2D eigenvalue weighted by Crippen LogP contribution is 2.32. The van der Waals surface area contributed by atoms with Crippen LogP contribution in [-0.2, 0) is 0 Å². The van der Waals surface area contributed by atoms with Gasteiger partial charge in [0.2, 0.25) is 5.96 Å². The average Bonchev–Trinajstić information content (AvgIpc) is 3.21. The van der Waals surface area contributed by atoms with Gasteiger partial charge in [-0.25, -0.2) is 9.98 Å². The zero-order chi connectivity index (χ0) is 21.6. The SMILES string of the molecule is COc1cc(N/C(=N/c2cccc(OC(F)(F)F)c2)NC#N)ccc1-c1cnco1. The van der Waals surface area contributed by atoms with Gasteiger partial charge in [-0.1, -0.05) is 6.07 Å². The van der Waals surface area contributed by atoms with Crippen molar-refractivity contribution >= 4 is 17.3 Å². The van der Waals surface area contributed by atoms with Crippen LogP contribution in [0.3, 0.4) is 0 Å². The molecule has 0 saturated carbocycles. The Balaban J connectivity index is 1.86. The summed E-state index contributed by atoms with van der Waals surface area (Å²) >= 11 is 0. The molecule has 0 amide bonds. The molecule has 1 heterocycles. The topological polar surface area (TPSA) is 105 Å². The maximum atomic E-state index is 12.4. The Bertz CT molecular complexity index is 1080. The van der Waals surface area contributed by atoms with Gasteiger partial charge in [0.05, 0.1) is 24.6 Å². The number of nitrogens with one attached hydrogen (secondary N) is 2. The summed E-state index contributed by atoms with van der Waals surface area (Å²) in [4.78, 5) is 7.98. The molecule has 0 spiro atoms. The molecule has 0 saturated heterocycles. The van der Waals surface area contributed by atoms with E-state index >= 15 is 0 Å². The minimum Gasteiger partial charge on any atom is -0.496 e. The number of ether oxygens (including phenoxy) is 2. The molecule has 0 unspecified atom stereocenters. The Morgan fingerprint density at radius 1 is 1.23 bits per heavy atom. The Labute approximate surface area is 168 Å². The number of alkyl halides is 3. The Hall–Kier alpha value is -4.20. The summed E-state index contributed by atoms with van der Waals surface area (Å²) in [5.41, 5.74) is 1.29. The molecular formula is C19H14F3N5O3. The number of nitriles is 1. The molecule has 0 bridgehead atoms. The van der Waals surface area contributed by atoms with Crippen molar-refractivity contribution in [3.8, 4) is 29.0 Å². The highest BCUT2D eigenvalue weighted by Gasteiger charge is 2.31. The van der Waals surface area contributed by atoms with Crippen LogP contribution in [0.25, 0.3) is 11.3 Å². The number of halogens is 3. The lowest BCUT2D eigenvalue weighted by atomic mass is 10.1. The lowest BCUT2D eigenvalue weighted by molar-refractivity contribution is -0.274. The summed E-state index contributed by atoms with van der Waals surface area (Å²) in [6.45, 7) is 0. The van der Waals surface area contributed by atoms with Crippen molar-refractivity contribution in [2.45, 2.75) is 6.36 Å². The summed E-state index contributed by atoms with van der Waals surface area (Å²) in [6, 6.07) is 10.1. The molecule has 30 heavy (non-hydrogen) atoms. The van der Waals surface area contributed by atoms with Crippen LogP contribution in [0.5, 0.6) is 11.5 Å².